The van der Waals surface area contributed by atoms with Gasteiger partial charge in [0.05, 0.1) is 0 Å². The van der Waals surface area contributed by atoms with E-state index < -0.39 is 0 Å². The molecule has 0 aliphatic heterocycles. The quantitative estimate of drug-likeness (QED) is 0.593. The zero-order valence-electron chi connectivity index (χ0n) is 5.93. The molecule has 0 saturated heterocycles. The molecule has 9 heavy (non-hydrogen) atoms. The number of hydrogen-bond acceptors (Lipinski definition) is 1. The van der Waals surface area contributed by atoms with Crippen molar-refractivity contribution in [1.29, 1.82) is 0 Å². The van der Waals surface area contributed by atoms with Crippen molar-refractivity contribution < 1.29 is 5.11 Å². The Morgan fingerprint density at radius 1 is 1.56 bits per heavy atom. The molecule has 0 radical (unpaired) electrons. The Kier molecular flexibility index (Phi) is 0.963. The largest absolute Gasteiger partial charge is 0.396 e. The fourth-order valence-corrected chi connectivity index (χ4v) is 2.34. The first-order valence-corrected chi connectivity index (χ1v) is 3.88. The van der Waals surface area contributed by atoms with Crippen LogP contribution in [-0.2, 0) is 0 Å². The molecule has 1 atom stereocenters. The minimum Gasteiger partial charge on any atom is -0.396 e. The molecule has 52 valence electrons. The number of aliphatic hydroxyl groups is 1. The average Bonchev–Trinajstić information content (AvgIpc) is 1.57. The van der Waals surface area contributed by atoms with Gasteiger partial charge in [-0.15, -0.1) is 0 Å². The second-order valence-electron chi connectivity index (χ2n) is 3.92. The lowest BCUT2D eigenvalue weighted by atomic mass is 9.40. The standard InChI is InChI=1S/C8H14O/c1-6(5-9)8-2-7(3-8)4-8/h6-7,9H,2-5H2,1H3. The Hall–Kier alpha value is -0.0400. The van der Waals surface area contributed by atoms with E-state index in [1.807, 2.05) is 0 Å². The summed E-state index contributed by atoms with van der Waals surface area (Å²) < 4.78 is 0. The lowest BCUT2D eigenvalue weighted by Gasteiger charge is -2.64. The Balaban J connectivity index is 1.96. The van der Waals surface area contributed by atoms with Crippen molar-refractivity contribution in [3.05, 3.63) is 0 Å². The predicted octanol–water partition coefficient (Wildman–Crippen LogP) is 1.41. The van der Waals surface area contributed by atoms with Crippen molar-refractivity contribution in [3.8, 4) is 0 Å². The van der Waals surface area contributed by atoms with Crippen molar-refractivity contribution in [2.24, 2.45) is 17.3 Å². The van der Waals surface area contributed by atoms with Crippen LogP contribution in [-0.4, -0.2) is 11.7 Å². The molecule has 0 heterocycles. The van der Waals surface area contributed by atoms with E-state index >= 15 is 0 Å². The van der Waals surface area contributed by atoms with E-state index in [0.29, 0.717) is 17.9 Å². The SMILES string of the molecule is CC(CO)C12CC(C1)C2. The van der Waals surface area contributed by atoms with Gasteiger partial charge in [-0.2, -0.15) is 0 Å². The van der Waals surface area contributed by atoms with E-state index in [9.17, 15) is 0 Å². The van der Waals surface area contributed by atoms with Crippen molar-refractivity contribution in [3.63, 3.8) is 0 Å². The highest BCUT2D eigenvalue weighted by Gasteiger charge is 2.58. The normalized spacial score (nSPS) is 49.3. The summed E-state index contributed by atoms with van der Waals surface area (Å²) in [6, 6.07) is 0. The Bertz CT molecular complexity index is 114. The van der Waals surface area contributed by atoms with Crippen LogP contribution < -0.4 is 0 Å². The molecule has 3 rings (SSSR count). The third-order valence-electron chi connectivity index (χ3n) is 3.40. The average molecular weight is 126 g/mol. The second kappa shape index (κ2) is 1.51. The van der Waals surface area contributed by atoms with Gasteiger partial charge in [0.1, 0.15) is 0 Å². The molecular formula is C8H14O. The van der Waals surface area contributed by atoms with Crippen LogP contribution in [0.3, 0.4) is 0 Å². The van der Waals surface area contributed by atoms with Crippen molar-refractivity contribution in [2.75, 3.05) is 6.61 Å². The third-order valence-corrected chi connectivity index (χ3v) is 3.40. The molecule has 0 amide bonds. The molecule has 0 aromatic heterocycles. The first-order valence-electron chi connectivity index (χ1n) is 3.88. The van der Waals surface area contributed by atoms with E-state index in [-0.39, 0.29) is 0 Å². The summed E-state index contributed by atoms with van der Waals surface area (Å²) in [4.78, 5) is 0. The van der Waals surface area contributed by atoms with E-state index in [4.69, 9.17) is 5.11 Å². The molecule has 3 aliphatic carbocycles. The molecule has 3 fully saturated rings. The van der Waals surface area contributed by atoms with Crippen molar-refractivity contribution in [2.45, 2.75) is 26.2 Å². The highest BCUT2D eigenvalue weighted by molar-refractivity contribution is 5.08. The van der Waals surface area contributed by atoms with E-state index in [1.165, 1.54) is 19.3 Å². The molecule has 1 heteroatoms. The lowest BCUT2D eigenvalue weighted by molar-refractivity contribution is -0.156. The fourth-order valence-electron chi connectivity index (χ4n) is 2.34. The molecule has 1 nitrogen and oxygen atoms in total. The van der Waals surface area contributed by atoms with Gasteiger partial charge in [0, 0.05) is 6.61 Å². The summed E-state index contributed by atoms with van der Waals surface area (Å²) in [5.74, 6) is 1.63. The molecule has 0 aromatic rings. The first kappa shape index (κ1) is 5.72. The first-order chi connectivity index (χ1) is 4.27. The van der Waals surface area contributed by atoms with Crippen molar-refractivity contribution in [1.82, 2.24) is 0 Å². The van der Waals surface area contributed by atoms with Gasteiger partial charge >= 0.3 is 0 Å². The summed E-state index contributed by atoms with van der Waals surface area (Å²) in [5.41, 5.74) is 0.624. The van der Waals surface area contributed by atoms with Crippen LogP contribution in [0.1, 0.15) is 26.2 Å². The molecule has 0 spiro atoms. The Morgan fingerprint density at radius 2 is 2.11 bits per heavy atom. The predicted molar refractivity (Wildman–Crippen MR) is 36.0 cm³/mol. The molecular weight excluding hydrogens is 112 g/mol. The van der Waals surface area contributed by atoms with E-state index in [2.05, 4.69) is 6.92 Å². The van der Waals surface area contributed by atoms with Gasteiger partial charge < -0.3 is 5.11 Å². The monoisotopic (exact) mass is 126 g/mol. The number of rotatable bonds is 2. The Labute approximate surface area is 56.1 Å². The second-order valence-corrected chi connectivity index (χ2v) is 3.92. The van der Waals surface area contributed by atoms with Gasteiger partial charge in [-0.25, -0.2) is 0 Å². The van der Waals surface area contributed by atoms with Gasteiger partial charge in [0.25, 0.3) is 0 Å². The maximum absolute atomic E-state index is 8.86. The highest BCUT2D eigenvalue weighted by Crippen LogP contribution is 2.67. The number of hydrogen-bond donors (Lipinski definition) is 1. The zero-order chi connectivity index (χ0) is 6.48. The van der Waals surface area contributed by atoms with Crippen LogP contribution in [0, 0.1) is 17.3 Å². The molecule has 2 bridgehead atoms. The lowest BCUT2D eigenvalue weighted by Crippen LogP contribution is -2.56. The van der Waals surface area contributed by atoms with E-state index in [1.54, 1.807) is 0 Å². The Morgan fingerprint density at radius 3 is 2.22 bits per heavy atom. The number of aliphatic hydroxyl groups excluding tert-OH is 1. The van der Waals surface area contributed by atoms with Crippen LogP contribution in [0.2, 0.25) is 0 Å². The van der Waals surface area contributed by atoms with Crippen LogP contribution in [0.15, 0.2) is 0 Å². The third kappa shape index (κ3) is 0.536. The minimum absolute atomic E-state index is 0.396. The smallest absolute Gasteiger partial charge is 0.0461 e. The van der Waals surface area contributed by atoms with Gasteiger partial charge in [0.2, 0.25) is 0 Å². The van der Waals surface area contributed by atoms with Crippen LogP contribution >= 0.6 is 0 Å². The highest BCUT2D eigenvalue weighted by atomic mass is 16.3. The van der Waals surface area contributed by atoms with Gasteiger partial charge in [-0.3, -0.25) is 0 Å². The van der Waals surface area contributed by atoms with Crippen LogP contribution in [0.4, 0.5) is 0 Å². The molecule has 1 N–H and O–H groups in total. The van der Waals surface area contributed by atoms with Gasteiger partial charge in [0.15, 0.2) is 0 Å². The van der Waals surface area contributed by atoms with Crippen LogP contribution in [0.5, 0.6) is 0 Å². The molecule has 0 aromatic carbocycles. The topological polar surface area (TPSA) is 20.2 Å². The molecule has 3 saturated carbocycles. The summed E-state index contributed by atoms with van der Waals surface area (Å²) in [6.45, 7) is 2.57. The maximum atomic E-state index is 8.86. The molecule has 1 unspecified atom stereocenters. The maximum Gasteiger partial charge on any atom is 0.0461 e. The summed E-state index contributed by atoms with van der Waals surface area (Å²) in [7, 11) is 0. The minimum atomic E-state index is 0.396. The van der Waals surface area contributed by atoms with Crippen molar-refractivity contribution >= 4 is 0 Å². The summed E-state index contributed by atoms with van der Waals surface area (Å²) in [5, 5.41) is 8.86. The molecule has 3 aliphatic rings. The van der Waals surface area contributed by atoms with Crippen LogP contribution in [0.25, 0.3) is 0 Å². The summed E-state index contributed by atoms with van der Waals surface area (Å²) in [6.07, 6.45) is 4.23. The zero-order valence-corrected chi connectivity index (χ0v) is 5.93. The van der Waals surface area contributed by atoms with Gasteiger partial charge in [-0.1, -0.05) is 6.92 Å². The van der Waals surface area contributed by atoms with Gasteiger partial charge in [-0.05, 0) is 36.5 Å². The van der Waals surface area contributed by atoms with E-state index in [0.717, 1.165) is 5.92 Å². The fraction of sp³-hybridized carbons (Fsp3) is 1.00. The summed E-state index contributed by atoms with van der Waals surface area (Å²) >= 11 is 0.